The number of hydrogen-bond acceptors (Lipinski definition) is 4. The largest absolute Gasteiger partial charge is 0.483 e. The molecule has 1 atom stereocenters. The van der Waals surface area contributed by atoms with E-state index in [1.807, 2.05) is 0 Å². The van der Waals surface area contributed by atoms with Crippen molar-refractivity contribution in [3.8, 4) is 5.75 Å². The second-order valence-electron chi connectivity index (χ2n) is 3.83. The van der Waals surface area contributed by atoms with Crippen LogP contribution in [-0.4, -0.2) is 41.3 Å². The van der Waals surface area contributed by atoms with Gasteiger partial charge in [-0.15, -0.1) is 0 Å². The number of aliphatic hydroxyl groups is 1. The quantitative estimate of drug-likeness (QED) is 0.678. The molecule has 0 heterocycles. The van der Waals surface area contributed by atoms with E-state index in [2.05, 4.69) is 21.2 Å². The number of ether oxygens (including phenoxy) is 1. The molecule has 1 amide bonds. The standard InChI is InChI=1S/C12H13BrClNO5/c13-8-5-7(14)1-2-10(8)20-6-11(17)15-9(3-4-16)12(18)19/h1-2,5,9,16H,3-4,6H2,(H,15,17)(H,18,19). The zero-order valence-electron chi connectivity index (χ0n) is 10.3. The minimum atomic E-state index is -1.21. The van der Waals surface area contributed by atoms with Crippen molar-refractivity contribution in [2.24, 2.45) is 0 Å². The molecular weight excluding hydrogens is 353 g/mol. The number of aliphatic hydroxyl groups excluding tert-OH is 1. The summed E-state index contributed by atoms with van der Waals surface area (Å²) < 4.78 is 5.83. The van der Waals surface area contributed by atoms with E-state index >= 15 is 0 Å². The number of hydrogen-bond donors (Lipinski definition) is 3. The van der Waals surface area contributed by atoms with Crippen LogP contribution >= 0.6 is 27.5 Å². The maximum absolute atomic E-state index is 11.6. The molecule has 0 radical (unpaired) electrons. The van der Waals surface area contributed by atoms with Crippen LogP contribution in [0.2, 0.25) is 5.02 Å². The number of aliphatic carboxylic acids is 1. The number of halogens is 2. The summed E-state index contributed by atoms with van der Waals surface area (Å²) in [4.78, 5) is 22.4. The molecule has 20 heavy (non-hydrogen) atoms. The van der Waals surface area contributed by atoms with E-state index in [9.17, 15) is 9.59 Å². The van der Waals surface area contributed by atoms with Crippen molar-refractivity contribution in [2.45, 2.75) is 12.5 Å². The molecule has 8 heteroatoms. The molecule has 1 unspecified atom stereocenters. The van der Waals surface area contributed by atoms with Gasteiger partial charge in [0.15, 0.2) is 6.61 Å². The SMILES string of the molecule is O=C(COc1ccc(Cl)cc1Br)NC(CCO)C(=O)O. The number of nitrogens with one attached hydrogen (secondary N) is 1. The minimum absolute atomic E-state index is 0.0638. The highest BCUT2D eigenvalue weighted by atomic mass is 79.9. The number of carbonyl (C=O) groups is 2. The van der Waals surface area contributed by atoms with Crippen molar-refractivity contribution in [1.29, 1.82) is 0 Å². The van der Waals surface area contributed by atoms with Crippen molar-refractivity contribution < 1.29 is 24.5 Å². The second-order valence-corrected chi connectivity index (χ2v) is 5.12. The number of carboxylic acid groups (broad SMARTS) is 1. The van der Waals surface area contributed by atoms with Gasteiger partial charge in [0.25, 0.3) is 5.91 Å². The number of carboxylic acids is 1. The molecule has 0 bridgehead atoms. The van der Waals surface area contributed by atoms with Gasteiger partial charge in [-0.3, -0.25) is 4.79 Å². The maximum atomic E-state index is 11.6. The average molecular weight is 367 g/mol. The second kappa shape index (κ2) is 8.08. The van der Waals surface area contributed by atoms with E-state index in [-0.39, 0.29) is 19.6 Å². The Labute approximate surface area is 128 Å². The molecule has 1 aromatic carbocycles. The van der Waals surface area contributed by atoms with Crippen LogP contribution in [0.5, 0.6) is 5.75 Å². The van der Waals surface area contributed by atoms with E-state index in [0.29, 0.717) is 15.2 Å². The van der Waals surface area contributed by atoms with Gasteiger partial charge in [0.2, 0.25) is 0 Å². The lowest BCUT2D eigenvalue weighted by atomic mass is 10.2. The molecular formula is C12H13BrClNO5. The maximum Gasteiger partial charge on any atom is 0.326 e. The van der Waals surface area contributed by atoms with Crippen molar-refractivity contribution in [3.05, 3.63) is 27.7 Å². The van der Waals surface area contributed by atoms with Crippen LogP contribution in [0, 0.1) is 0 Å². The highest BCUT2D eigenvalue weighted by Crippen LogP contribution is 2.27. The normalized spacial score (nSPS) is 11.8. The van der Waals surface area contributed by atoms with Gasteiger partial charge in [-0.05, 0) is 34.1 Å². The molecule has 1 aromatic rings. The molecule has 0 fully saturated rings. The lowest BCUT2D eigenvalue weighted by Gasteiger charge is -2.14. The highest BCUT2D eigenvalue weighted by Gasteiger charge is 2.19. The third kappa shape index (κ3) is 5.36. The predicted molar refractivity (Wildman–Crippen MR) is 75.9 cm³/mol. The first-order chi connectivity index (χ1) is 9.43. The molecule has 6 nitrogen and oxygen atoms in total. The molecule has 0 aliphatic heterocycles. The van der Waals surface area contributed by atoms with Gasteiger partial charge in [0.05, 0.1) is 4.47 Å². The van der Waals surface area contributed by atoms with Gasteiger partial charge in [0.1, 0.15) is 11.8 Å². The average Bonchev–Trinajstić information content (AvgIpc) is 2.37. The minimum Gasteiger partial charge on any atom is -0.483 e. The Kier molecular flexibility index (Phi) is 6.77. The van der Waals surface area contributed by atoms with Gasteiger partial charge >= 0.3 is 5.97 Å². The van der Waals surface area contributed by atoms with Crippen LogP contribution in [-0.2, 0) is 9.59 Å². The number of rotatable bonds is 7. The summed E-state index contributed by atoms with van der Waals surface area (Å²) in [6.45, 7) is -0.670. The molecule has 0 spiro atoms. The Bertz CT molecular complexity index is 497. The van der Waals surface area contributed by atoms with Crippen molar-refractivity contribution >= 4 is 39.4 Å². The summed E-state index contributed by atoms with van der Waals surface area (Å²) in [6.07, 6.45) is -0.0638. The predicted octanol–water partition coefficient (Wildman–Crippen LogP) is 1.43. The fraction of sp³-hybridized carbons (Fsp3) is 0.333. The summed E-state index contributed by atoms with van der Waals surface area (Å²) in [6, 6.07) is 3.67. The number of amides is 1. The first kappa shape index (κ1) is 16.7. The molecule has 0 aliphatic carbocycles. The summed E-state index contributed by atoms with van der Waals surface area (Å²) in [5.41, 5.74) is 0. The van der Waals surface area contributed by atoms with Crippen molar-refractivity contribution in [1.82, 2.24) is 5.32 Å². The van der Waals surface area contributed by atoms with Crippen LogP contribution in [0.15, 0.2) is 22.7 Å². The fourth-order valence-corrected chi connectivity index (χ4v) is 2.16. The molecule has 0 aliphatic rings. The third-order valence-electron chi connectivity index (χ3n) is 2.30. The zero-order chi connectivity index (χ0) is 15.1. The summed E-state index contributed by atoms with van der Waals surface area (Å²) in [5, 5.41) is 20.3. The Morgan fingerprint density at radius 2 is 2.15 bits per heavy atom. The Balaban J connectivity index is 2.52. The summed E-state index contributed by atoms with van der Waals surface area (Å²) in [7, 11) is 0. The molecule has 3 N–H and O–H groups in total. The lowest BCUT2D eigenvalue weighted by molar-refractivity contribution is -0.142. The molecule has 0 saturated carbocycles. The molecule has 0 saturated heterocycles. The molecule has 110 valence electrons. The van der Waals surface area contributed by atoms with Crippen LogP contribution in [0.1, 0.15) is 6.42 Å². The van der Waals surface area contributed by atoms with E-state index in [4.69, 9.17) is 26.6 Å². The van der Waals surface area contributed by atoms with E-state index in [1.165, 1.54) is 0 Å². The van der Waals surface area contributed by atoms with Gasteiger partial charge in [-0.2, -0.15) is 0 Å². The van der Waals surface area contributed by atoms with E-state index in [1.54, 1.807) is 18.2 Å². The smallest absolute Gasteiger partial charge is 0.326 e. The van der Waals surface area contributed by atoms with Gasteiger partial charge in [0, 0.05) is 18.1 Å². The van der Waals surface area contributed by atoms with Crippen molar-refractivity contribution in [2.75, 3.05) is 13.2 Å². The summed E-state index contributed by atoms with van der Waals surface area (Å²) >= 11 is 8.99. The van der Waals surface area contributed by atoms with Crippen LogP contribution in [0.25, 0.3) is 0 Å². The number of benzene rings is 1. The molecule has 1 rings (SSSR count). The third-order valence-corrected chi connectivity index (χ3v) is 3.16. The van der Waals surface area contributed by atoms with Gasteiger partial charge in [-0.25, -0.2) is 4.79 Å². The van der Waals surface area contributed by atoms with Gasteiger partial charge < -0.3 is 20.3 Å². The van der Waals surface area contributed by atoms with E-state index < -0.39 is 17.9 Å². The molecule has 0 aromatic heterocycles. The Morgan fingerprint density at radius 1 is 1.45 bits per heavy atom. The zero-order valence-corrected chi connectivity index (χ0v) is 12.6. The Hall–Kier alpha value is -1.31. The summed E-state index contributed by atoms with van der Waals surface area (Å²) in [5.74, 6) is -1.38. The fourth-order valence-electron chi connectivity index (χ4n) is 1.36. The number of carbonyl (C=O) groups excluding carboxylic acids is 1. The Morgan fingerprint density at radius 3 is 2.70 bits per heavy atom. The topological polar surface area (TPSA) is 95.9 Å². The van der Waals surface area contributed by atoms with Crippen LogP contribution in [0.4, 0.5) is 0 Å². The van der Waals surface area contributed by atoms with Crippen molar-refractivity contribution in [3.63, 3.8) is 0 Å². The van der Waals surface area contributed by atoms with Gasteiger partial charge in [-0.1, -0.05) is 11.6 Å². The van der Waals surface area contributed by atoms with Crippen LogP contribution < -0.4 is 10.1 Å². The highest BCUT2D eigenvalue weighted by molar-refractivity contribution is 9.10. The first-order valence-electron chi connectivity index (χ1n) is 5.65. The monoisotopic (exact) mass is 365 g/mol. The first-order valence-corrected chi connectivity index (χ1v) is 6.82. The van der Waals surface area contributed by atoms with Crippen LogP contribution in [0.3, 0.4) is 0 Å². The van der Waals surface area contributed by atoms with E-state index in [0.717, 1.165) is 0 Å². The lowest BCUT2D eigenvalue weighted by Crippen LogP contribution is -2.43.